The van der Waals surface area contributed by atoms with E-state index in [1.807, 2.05) is 7.11 Å². The number of rotatable bonds is 2. The third kappa shape index (κ3) is 2.13. The van der Waals surface area contributed by atoms with Gasteiger partial charge in [0, 0.05) is 12.5 Å². The van der Waals surface area contributed by atoms with Gasteiger partial charge in [0.05, 0.1) is 18.8 Å². The average Bonchev–Trinajstić information content (AvgIpc) is 2.84. The lowest BCUT2D eigenvalue weighted by Gasteiger charge is -2.60. The highest BCUT2D eigenvalue weighted by Crippen LogP contribution is 2.66. The van der Waals surface area contributed by atoms with E-state index in [2.05, 4.69) is 19.9 Å². The molecule has 3 nitrogen and oxygen atoms in total. The molecule has 4 rings (SSSR count). The molecule has 3 unspecified atom stereocenters. The predicted molar refractivity (Wildman–Crippen MR) is 94.5 cm³/mol. The highest BCUT2D eigenvalue weighted by Gasteiger charge is 2.61. The smallest absolute Gasteiger partial charge is 0.0726 e. The van der Waals surface area contributed by atoms with Gasteiger partial charge in [-0.05, 0) is 74.0 Å². The zero-order valence-electron chi connectivity index (χ0n) is 15.5. The molecule has 0 spiro atoms. The highest BCUT2D eigenvalue weighted by atomic mass is 16.5. The van der Waals surface area contributed by atoms with Crippen LogP contribution >= 0.6 is 0 Å². The van der Waals surface area contributed by atoms with Gasteiger partial charge in [-0.15, -0.1) is 0 Å². The second kappa shape index (κ2) is 5.82. The monoisotopic (exact) mass is 334 g/mol. The molecule has 3 saturated carbocycles. The van der Waals surface area contributed by atoms with E-state index in [0.717, 1.165) is 32.3 Å². The summed E-state index contributed by atoms with van der Waals surface area (Å²) in [5, 5.41) is 20.9. The summed E-state index contributed by atoms with van der Waals surface area (Å²) in [5.41, 5.74) is 1.72. The van der Waals surface area contributed by atoms with Crippen molar-refractivity contribution in [3.05, 3.63) is 11.6 Å². The third-order valence-electron chi connectivity index (χ3n) is 8.64. The molecular formula is C21H34O3. The molecule has 2 N–H and O–H groups in total. The number of fused-ring (bicyclic) bond motifs is 5. The minimum Gasteiger partial charge on any atom is -0.393 e. The Hall–Kier alpha value is -0.380. The van der Waals surface area contributed by atoms with E-state index in [9.17, 15) is 10.2 Å². The number of hydrogen-bond donors (Lipinski definition) is 2. The normalized spacial score (nSPS) is 53.8. The summed E-state index contributed by atoms with van der Waals surface area (Å²) in [5.74, 6) is 2.51. The van der Waals surface area contributed by atoms with Crippen LogP contribution in [0.15, 0.2) is 11.6 Å². The summed E-state index contributed by atoms with van der Waals surface area (Å²) in [6, 6.07) is 0. The second-order valence-corrected chi connectivity index (χ2v) is 9.42. The molecule has 4 aliphatic rings. The van der Waals surface area contributed by atoms with Crippen molar-refractivity contribution in [2.24, 2.45) is 34.5 Å². The molecule has 0 radical (unpaired) electrons. The number of methoxy groups -OCH3 is 1. The molecule has 3 fully saturated rings. The van der Waals surface area contributed by atoms with E-state index >= 15 is 0 Å². The van der Waals surface area contributed by atoms with Gasteiger partial charge < -0.3 is 14.9 Å². The van der Waals surface area contributed by atoms with Crippen molar-refractivity contribution in [2.75, 3.05) is 13.7 Å². The summed E-state index contributed by atoms with van der Waals surface area (Å²) < 4.78 is 5.78. The van der Waals surface area contributed by atoms with Gasteiger partial charge in [-0.25, -0.2) is 0 Å². The zero-order valence-corrected chi connectivity index (χ0v) is 15.5. The van der Waals surface area contributed by atoms with Crippen LogP contribution < -0.4 is 0 Å². The summed E-state index contributed by atoms with van der Waals surface area (Å²) in [7, 11) is 1.83. The van der Waals surface area contributed by atoms with Gasteiger partial charge in [0.25, 0.3) is 0 Å². The number of aliphatic hydroxyl groups is 2. The molecule has 4 aliphatic carbocycles. The molecule has 0 bridgehead atoms. The van der Waals surface area contributed by atoms with Crippen LogP contribution in [-0.4, -0.2) is 36.1 Å². The lowest BCUT2D eigenvalue weighted by atomic mass is 9.45. The van der Waals surface area contributed by atoms with E-state index in [1.54, 1.807) is 0 Å². The topological polar surface area (TPSA) is 49.7 Å². The third-order valence-corrected chi connectivity index (χ3v) is 8.64. The van der Waals surface area contributed by atoms with Gasteiger partial charge in [0.2, 0.25) is 0 Å². The summed E-state index contributed by atoms with van der Waals surface area (Å²) in [6.45, 7) is 5.46. The molecule has 0 aromatic carbocycles. The van der Waals surface area contributed by atoms with Crippen molar-refractivity contribution in [3.63, 3.8) is 0 Å². The highest BCUT2D eigenvalue weighted by molar-refractivity contribution is 5.28. The summed E-state index contributed by atoms with van der Waals surface area (Å²) in [6.07, 6.45) is 9.50. The fourth-order valence-corrected chi connectivity index (χ4v) is 7.47. The van der Waals surface area contributed by atoms with E-state index in [4.69, 9.17) is 4.74 Å². The molecule has 0 aromatic heterocycles. The first kappa shape index (κ1) is 17.1. The Morgan fingerprint density at radius 1 is 1.17 bits per heavy atom. The van der Waals surface area contributed by atoms with Gasteiger partial charge in [0.1, 0.15) is 0 Å². The first-order chi connectivity index (χ1) is 11.4. The maximum Gasteiger partial charge on any atom is 0.0726 e. The van der Waals surface area contributed by atoms with Crippen LogP contribution in [0.1, 0.15) is 58.8 Å². The van der Waals surface area contributed by atoms with Crippen LogP contribution in [0.5, 0.6) is 0 Å². The molecule has 0 aliphatic heterocycles. The van der Waals surface area contributed by atoms with E-state index in [1.165, 1.54) is 24.8 Å². The molecule has 136 valence electrons. The van der Waals surface area contributed by atoms with Crippen molar-refractivity contribution < 1.29 is 14.9 Å². The minimum absolute atomic E-state index is 0.107. The Morgan fingerprint density at radius 2 is 1.96 bits per heavy atom. The van der Waals surface area contributed by atoms with Crippen molar-refractivity contribution in [3.8, 4) is 0 Å². The first-order valence-electron chi connectivity index (χ1n) is 9.99. The van der Waals surface area contributed by atoms with Gasteiger partial charge in [-0.3, -0.25) is 0 Å². The van der Waals surface area contributed by atoms with Crippen molar-refractivity contribution in [1.82, 2.24) is 0 Å². The van der Waals surface area contributed by atoms with Crippen LogP contribution in [-0.2, 0) is 4.74 Å². The van der Waals surface area contributed by atoms with Gasteiger partial charge in [0.15, 0.2) is 0 Å². The van der Waals surface area contributed by atoms with E-state index in [0.29, 0.717) is 23.7 Å². The molecule has 0 saturated heterocycles. The SMILES string of the molecule is COC[C@@]12C(=CC(O)CC1C)CC[C@@H]1[C@H]2CC[C@]2(C)C(O)CC[C@@H]12. The fourth-order valence-electron chi connectivity index (χ4n) is 7.47. The van der Waals surface area contributed by atoms with Crippen LogP contribution in [0.3, 0.4) is 0 Å². The zero-order chi connectivity index (χ0) is 17.1. The van der Waals surface area contributed by atoms with Crippen LogP contribution in [0.4, 0.5) is 0 Å². The molecule has 24 heavy (non-hydrogen) atoms. The maximum atomic E-state index is 10.6. The van der Waals surface area contributed by atoms with Crippen molar-refractivity contribution in [2.45, 2.75) is 71.0 Å². The Bertz CT molecular complexity index is 529. The summed E-state index contributed by atoms with van der Waals surface area (Å²) >= 11 is 0. The number of hydrogen-bond acceptors (Lipinski definition) is 3. The predicted octanol–water partition coefficient (Wildman–Crippen LogP) is 3.54. The Labute approximate surface area is 146 Å². The van der Waals surface area contributed by atoms with Crippen LogP contribution in [0, 0.1) is 34.5 Å². The van der Waals surface area contributed by atoms with Gasteiger partial charge in [-0.2, -0.15) is 0 Å². The lowest BCUT2D eigenvalue weighted by Crippen LogP contribution is -2.56. The quantitative estimate of drug-likeness (QED) is 0.759. The largest absolute Gasteiger partial charge is 0.393 e. The van der Waals surface area contributed by atoms with Crippen molar-refractivity contribution >= 4 is 0 Å². The Kier molecular flexibility index (Phi) is 4.14. The molecule has 0 amide bonds. The standard InChI is InChI=1S/C21H34O3/c1-13-10-15(22)11-14-4-5-16-17-6-7-19(23)20(17,2)9-8-18(16)21(13,14)12-24-3/h11,13,15-19,22-23H,4-10,12H2,1-3H3/t13?,15?,16-,17-,18+,19?,20-,21-/m0/s1. The van der Waals surface area contributed by atoms with Gasteiger partial charge in [-0.1, -0.05) is 25.5 Å². The van der Waals surface area contributed by atoms with E-state index in [-0.39, 0.29) is 23.0 Å². The lowest BCUT2D eigenvalue weighted by molar-refractivity contribution is -0.115. The molecular weight excluding hydrogens is 300 g/mol. The Morgan fingerprint density at radius 3 is 2.71 bits per heavy atom. The average molecular weight is 335 g/mol. The second-order valence-electron chi connectivity index (χ2n) is 9.42. The van der Waals surface area contributed by atoms with Crippen LogP contribution in [0.25, 0.3) is 0 Å². The molecule has 3 heteroatoms. The fraction of sp³-hybridized carbons (Fsp3) is 0.905. The number of aliphatic hydroxyl groups excluding tert-OH is 2. The molecule has 0 aromatic rings. The Balaban J connectivity index is 1.74. The summed E-state index contributed by atoms with van der Waals surface area (Å²) in [4.78, 5) is 0. The number of ether oxygens (including phenoxy) is 1. The maximum absolute atomic E-state index is 10.6. The minimum atomic E-state index is -0.279. The van der Waals surface area contributed by atoms with E-state index < -0.39 is 0 Å². The van der Waals surface area contributed by atoms with Crippen LogP contribution in [0.2, 0.25) is 0 Å². The molecule has 8 atom stereocenters. The first-order valence-corrected chi connectivity index (χ1v) is 9.99. The van der Waals surface area contributed by atoms with Gasteiger partial charge >= 0.3 is 0 Å². The van der Waals surface area contributed by atoms with Crippen molar-refractivity contribution in [1.29, 1.82) is 0 Å². The molecule has 0 heterocycles.